The first-order valence-corrected chi connectivity index (χ1v) is 21.7. The number of thioether (sulfide) groups is 1. The van der Waals surface area contributed by atoms with Crippen molar-refractivity contribution in [2.45, 2.75) is 150 Å². The fourth-order valence-electron chi connectivity index (χ4n) is 6.72. The molecule has 0 aromatic carbocycles. The molecule has 0 aliphatic carbocycles. The highest BCUT2D eigenvalue weighted by atomic mass is 32.2. The van der Waals surface area contributed by atoms with Crippen molar-refractivity contribution in [1.82, 2.24) is 42.1 Å². The van der Waals surface area contributed by atoms with Gasteiger partial charge in [0.05, 0.1) is 6.54 Å². The molecule has 2 aliphatic heterocycles. The van der Waals surface area contributed by atoms with Gasteiger partial charge in [0.2, 0.25) is 47.3 Å². The first kappa shape index (κ1) is 48.3. The second-order valence-electron chi connectivity index (χ2n) is 15.8. The summed E-state index contributed by atoms with van der Waals surface area (Å²) in [6.07, 6.45) is 4.77. The third-order valence-corrected chi connectivity index (χ3v) is 11.6. The van der Waals surface area contributed by atoms with E-state index in [1.54, 1.807) is 6.92 Å². The second-order valence-corrected chi connectivity index (χ2v) is 16.8. The van der Waals surface area contributed by atoms with Crippen molar-refractivity contribution < 1.29 is 38.4 Å². The summed E-state index contributed by atoms with van der Waals surface area (Å²) in [6, 6.07) is -7.20. The molecule has 2 fully saturated rings. The summed E-state index contributed by atoms with van der Waals surface area (Å²) in [5, 5.41) is 19.2. The third kappa shape index (κ3) is 13.9. The average Bonchev–Trinajstić information content (AvgIpc) is 3.66. The van der Waals surface area contributed by atoms with Crippen LogP contribution < -0.4 is 37.2 Å². The molecule has 2 aliphatic rings. The molecule has 0 radical (unpaired) electrons. The van der Waals surface area contributed by atoms with Crippen molar-refractivity contribution in [3.63, 3.8) is 0 Å². The number of amides is 8. The SMILES string of the molecule is CCC(C)C1NC(=O)C(C)NC(=O)C(CC(C)C)NC(=O)C(C(C)CC)NC(=O)C2CCCN2C(=O)C(C(C)CC)NC(=O)CNC(=O)C(CCSC)NC1=O. The maximum atomic E-state index is 14.1. The zero-order valence-electron chi connectivity index (χ0n) is 35.0. The summed E-state index contributed by atoms with van der Waals surface area (Å²) in [5.74, 6) is -5.16. The van der Waals surface area contributed by atoms with E-state index in [0.717, 1.165) is 0 Å². The topological polar surface area (TPSA) is 224 Å². The largest absolute Gasteiger partial charge is 0.345 e. The highest BCUT2D eigenvalue weighted by Gasteiger charge is 2.41. The highest BCUT2D eigenvalue weighted by Crippen LogP contribution is 2.23. The van der Waals surface area contributed by atoms with E-state index in [0.29, 0.717) is 37.9 Å². The zero-order valence-corrected chi connectivity index (χ0v) is 35.9. The Labute approximate surface area is 337 Å². The number of carbonyl (C=O) groups excluding carboxylic acids is 8. The van der Waals surface area contributed by atoms with Crippen LogP contribution in [-0.4, -0.2) is 120 Å². The summed E-state index contributed by atoms with van der Waals surface area (Å²) in [6.45, 7) is 16.1. The number of hydrogen-bond acceptors (Lipinski definition) is 9. The van der Waals surface area contributed by atoms with Crippen LogP contribution in [0, 0.1) is 23.7 Å². The van der Waals surface area contributed by atoms with E-state index < -0.39 is 96.1 Å². The van der Waals surface area contributed by atoms with Crippen molar-refractivity contribution in [2.24, 2.45) is 23.7 Å². The molecule has 0 aromatic rings. The van der Waals surface area contributed by atoms with Gasteiger partial charge in [-0.25, -0.2) is 0 Å². The Morgan fingerprint density at radius 3 is 1.71 bits per heavy atom. The number of carbonyl (C=O) groups is 8. The minimum Gasteiger partial charge on any atom is -0.345 e. The van der Waals surface area contributed by atoms with Crippen LogP contribution in [0.3, 0.4) is 0 Å². The predicted molar refractivity (Wildman–Crippen MR) is 216 cm³/mol. The lowest BCUT2D eigenvalue weighted by atomic mass is 9.95. The standard InChI is InChI=1S/C39H68N8O8S/c1-11-22(6)30-37(53)42-26(16-18-56-10)34(50)40-20-29(48)44-32(24(8)13-3)39(55)47-17-14-15-28(47)36(52)46-31(23(7)12-2)38(54)43-27(19-21(4)5)35(51)41-25(9)33(49)45-30/h21-28,30-32H,11-20H2,1-10H3,(H,40,50)(H,41,51)(H,42,53)(H,43,54)(H,44,48)(H,45,49)(H,46,52). The molecule has 0 saturated carbocycles. The molecule has 10 unspecified atom stereocenters. The quantitative estimate of drug-likeness (QED) is 0.158. The smallest absolute Gasteiger partial charge is 0.246 e. The number of fused-ring (bicyclic) bond motifs is 1. The van der Waals surface area contributed by atoms with Gasteiger partial charge in [0.15, 0.2) is 0 Å². The van der Waals surface area contributed by atoms with Crippen LogP contribution in [0.25, 0.3) is 0 Å². The molecular weight excluding hydrogens is 741 g/mol. The van der Waals surface area contributed by atoms with Crippen molar-refractivity contribution in [2.75, 3.05) is 25.1 Å². The first-order valence-electron chi connectivity index (χ1n) is 20.3. The molecule has 16 nitrogen and oxygen atoms in total. The van der Waals surface area contributed by atoms with E-state index in [4.69, 9.17) is 0 Å². The molecule has 17 heteroatoms. The van der Waals surface area contributed by atoms with Gasteiger partial charge in [-0.15, -0.1) is 0 Å². The van der Waals surface area contributed by atoms with Gasteiger partial charge in [0, 0.05) is 6.54 Å². The van der Waals surface area contributed by atoms with Gasteiger partial charge in [0.1, 0.15) is 42.3 Å². The summed E-state index contributed by atoms with van der Waals surface area (Å²) >= 11 is 1.47. The normalized spacial score (nSPS) is 28.7. The van der Waals surface area contributed by atoms with Crippen LogP contribution >= 0.6 is 11.8 Å². The van der Waals surface area contributed by atoms with E-state index in [1.165, 1.54) is 23.6 Å². The summed E-state index contributed by atoms with van der Waals surface area (Å²) < 4.78 is 0. The molecule has 2 saturated heterocycles. The molecule has 56 heavy (non-hydrogen) atoms. The molecule has 2 heterocycles. The van der Waals surface area contributed by atoms with E-state index in [2.05, 4.69) is 37.2 Å². The molecule has 0 bridgehead atoms. The van der Waals surface area contributed by atoms with Gasteiger partial charge in [0.25, 0.3) is 0 Å². The van der Waals surface area contributed by atoms with Gasteiger partial charge in [-0.2, -0.15) is 11.8 Å². The van der Waals surface area contributed by atoms with Gasteiger partial charge in [-0.05, 0) is 68.3 Å². The van der Waals surface area contributed by atoms with Crippen LogP contribution in [0.15, 0.2) is 0 Å². The lowest BCUT2D eigenvalue weighted by Gasteiger charge is -2.33. The van der Waals surface area contributed by atoms with Gasteiger partial charge in [-0.3, -0.25) is 38.4 Å². The van der Waals surface area contributed by atoms with Crippen LogP contribution in [-0.2, 0) is 38.4 Å². The van der Waals surface area contributed by atoms with Crippen molar-refractivity contribution in [3.8, 4) is 0 Å². The molecule has 7 N–H and O–H groups in total. The Hall–Kier alpha value is -3.89. The Balaban J connectivity index is 2.60. The molecule has 10 atom stereocenters. The number of nitrogens with zero attached hydrogens (tertiary/aromatic N) is 1. The van der Waals surface area contributed by atoms with E-state index >= 15 is 0 Å². The molecule has 0 aromatic heterocycles. The van der Waals surface area contributed by atoms with Crippen LogP contribution in [0.5, 0.6) is 0 Å². The maximum absolute atomic E-state index is 14.1. The maximum Gasteiger partial charge on any atom is 0.246 e. The number of hydrogen-bond donors (Lipinski definition) is 7. The Morgan fingerprint density at radius 1 is 0.643 bits per heavy atom. The molecule has 318 valence electrons. The summed E-state index contributed by atoms with van der Waals surface area (Å²) in [7, 11) is 0. The first-order chi connectivity index (χ1) is 26.4. The third-order valence-electron chi connectivity index (χ3n) is 11.0. The molecule has 8 amide bonds. The zero-order chi connectivity index (χ0) is 42.3. The highest BCUT2D eigenvalue weighted by molar-refractivity contribution is 7.98. The second kappa shape index (κ2) is 23.4. The fourth-order valence-corrected chi connectivity index (χ4v) is 7.19. The Kier molecular flexibility index (Phi) is 20.1. The van der Waals surface area contributed by atoms with Crippen molar-refractivity contribution in [1.29, 1.82) is 0 Å². The van der Waals surface area contributed by atoms with E-state index in [9.17, 15) is 38.4 Å². The lowest BCUT2D eigenvalue weighted by Crippen LogP contribution is -2.61. The molecular formula is C39H68N8O8S. The summed E-state index contributed by atoms with van der Waals surface area (Å²) in [4.78, 5) is 111. The van der Waals surface area contributed by atoms with E-state index in [-0.39, 0.29) is 43.1 Å². The molecule has 0 spiro atoms. The van der Waals surface area contributed by atoms with Crippen LogP contribution in [0.4, 0.5) is 0 Å². The van der Waals surface area contributed by atoms with Crippen molar-refractivity contribution >= 4 is 59.0 Å². The van der Waals surface area contributed by atoms with Crippen LogP contribution in [0.1, 0.15) is 107 Å². The Bertz CT molecular complexity index is 1400. The minimum atomic E-state index is -1.11. The minimum absolute atomic E-state index is 0.0367. The molecule has 2 rings (SSSR count). The van der Waals surface area contributed by atoms with Gasteiger partial charge >= 0.3 is 0 Å². The van der Waals surface area contributed by atoms with Gasteiger partial charge in [-0.1, -0.05) is 74.7 Å². The van der Waals surface area contributed by atoms with Crippen molar-refractivity contribution in [3.05, 3.63) is 0 Å². The van der Waals surface area contributed by atoms with Gasteiger partial charge < -0.3 is 42.1 Å². The summed E-state index contributed by atoms with van der Waals surface area (Å²) in [5.41, 5.74) is 0. The fraction of sp³-hybridized carbons (Fsp3) is 0.795. The monoisotopic (exact) mass is 808 g/mol. The Morgan fingerprint density at radius 2 is 1.18 bits per heavy atom. The number of nitrogens with one attached hydrogen (secondary N) is 7. The number of rotatable bonds is 11. The lowest BCUT2D eigenvalue weighted by molar-refractivity contribution is -0.143. The predicted octanol–water partition coefficient (Wildman–Crippen LogP) is 0.973. The average molecular weight is 809 g/mol. The van der Waals surface area contributed by atoms with Crippen LogP contribution in [0.2, 0.25) is 0 Å². The van der Waals surface area contributed by atoms with E-state index in [1.807, 2.05) is 54.7 Å².